The van der Waals surface area contributed by atoms with E-state index in [4.69, 9.17) is 16.3 Å². The Hall–Kier alpha value is -1.33. The summed E-state index contributed by atoms with van der Waals surface area (Å²) in [6, 6.07) is 3.37. The summed E-state index contributed by atoms with van der Waals surface area (Å²) >= 11 is 5.87. The second-order valence-electron chi connectivity index (χ2n) is 5.52. The standard InChI is InChI=1S/C14H19ClFNO3/c1-8(17-13(19)20-14(2,3)4)12(18)11-9(15)6-5-7-10(11)16/h5-8,12,18H,1-4H3,(H,17,19). The van der Waals surface area contributed by atoms with Crippen molar-refractivity contribution in [3.63, 3.8) is 0 Å². The number of ether oxygens (including phenoxy) is 1. The van der Waals surface area contributed by atoms with Crippen molar-refractivity contribution in [2.75, 3.05) is 0 Å². The third-order valence-corrected chi connectivity index (χ3v) is 2.84. The fourth-order valence-corrected chi connectivity index (χ4v) is 1.89. The Morgan fingerprint density at radius 1 is 1.45 bits per heavy atom. The minimum atomic E-state index is -1.27. The van der Waals surface area contributed by atoms with Gasteiger partial charge in [-0.1, -0.05) is 17.7 Å². The van der Waals surface area contributed by atoms with Gasteiger partial charge in [0.1, 0.15) is 17.5 Å². The lowest BCUT2D eigenvalue weighted by Crippen LogP contribution is -2.40. The number of hydrogen-bond acceptors (Lipinski definition) is 3. The first-order chi connectivity index (χ1) is 9.11. The quantitative estimate of drug-likeness (QED) is 0.899. The summed E-state index contributed by atoms with van der Waals surface area (Å²) in [7, 11) is 0. The maximum Gasteiger partial charge on any atom is 0.407 e. The van der Waals surface area contributed by atoms with E-state index in [0.29, 0.717) is 0 Å². The molecule has 1 amide bonds. The van der Waals surface area contributed by atoms with Gasteiger partial charge in [0.2, 0.25) is 0 Å². The van der Waals surface area contributed by atoms with Crippen molar-refractivity contribution in [2.24, 2.45) is 0 Å². The number of carbonyl (C=O) groups excluding carboxylic acids is 1. The number of aliphatic hydroxyl groups is 1. The molecule has 0 bridgehead atoms. The number of amides is 1. The van der Waals surface area contributed by atoms with E-state index >= 15 is 0 Å². The fraction of sp³-hybridized carbons (Fsp3) is 0.500. The summed E-state index contributed by atoms with van der Waals surface area (Å²) < 4.78 is 18.7. The van der Waals surface area contributed by atoms with Crippen LogP contribution >= 0.6 is 11.6 Å². The topological polar surface area (TPSA) is 58.6 Å². The Kier molecular flexibility index (Phi) is 5.36. The SMILES string of the molecule is CC(NC(=O)OC(C)(C)C)C(O)c1c(F)cccc1Cl. The van der Waals surface area contributed by atoms with Crippen LogP contribution in [0.15, 0.2) is 18.2 Å². The molecule has 1 rings (SSSR count). The number of carbonyl (C=O) groups is 1. The number of rotatable bonds is 3. The molecular formula is C14H19ClFNO3. The van der Waals surface area contributed by atoms with Crippen LogP contribution in [0.1, 0.15) is 39.4 Å². The summed E-state index contributed by atoms with van der Waals surface area (Å²) in [5.74, 6) is -0.622. The van der Waals surface area contributed by atoms with Gasteiger partial charge in [-0.15, -0.1) is 0 Å². The summed E-state index contributed by atoms with van der Waals surface area (Å²) in [5.41, 5.74) is -0.692. The van der Waals surface area contributed by atoms with E-state index in [0.717, 1.165) is 0 Å². The van der Waals surface area contributed by atoms with Crippen LogP contribution in [0.3, 0.4) is 0 Å². The zero-order valence-corrected chi connectivity index (χ0v) is 12.7. The molecule has 1 aromatic carbocycles. The van der Waals surface area contributed by atoms with Gasteiger partial charge < -0.3 is 15.2 Å². The van der Waals surface area contributed by atoms with Gasteiger partial charge >= 0.3 is 6.09 Å². The average molecular weight is 304 g/mol. The van der Waals surface area contributed by atoms with Crippen LogP contribution in [0.2, 0.25) is 5.02 Å². The highest BCUT2D eigenvalue weighted by molar-refractivity contribution is 6.31. The van der Waals surface area contributed by atoms with Crippen molar-refractivity contribution in [1.29, 1.82) is 0 Å². The van der Waals surface area contributed by atoms with Crippen LogP contribution in [-0.2, 0) is 4.74 Å². The fourth-order valence-electron chi connectivity index (χ4n) is 1.62. The van der Waals surface area contributed by atoms with Crippen molar-refractivity contribution in [1.82, 2.24) is 5.32 Å². The molecule has 20 heavy (non-hydrogen) atoms. The molecule has 0 aliphatic heterocycles. The minimum Gasteiger partial charge on any atom is -0.444 e. The zero-order chi connectivity index (χ0) is 15.5. The van der Waals surface area contributed by atoms with Crippen molar-refractivity contribution < 1.29 is 19.0 Å². The number of alkyl carbamates (subject to hydrolysis) is 1. The van der Waals surface area contributed by atoms with E-state index < -0.39 is 29.7 Å². The monoisotopic (exact) mass is 303 g/mol. The van der Waals surface area contributed by atoms with E-state index in [1.54, 1.807) is 20.8 Å². The highest BCUT2D eigenvalue weighted by Crippen LogP contribution is 2.28. The highest BCUT2D eigenvalue weighted by atomic mass is 35.5. The molecule has 0 aliphatic carbocycles. The van der Waals surface area contributed by atoms with Gasteiger partial charge in [0.25, 0.3) is 0 Å². The summed E-state index contributed by atoms with van der Waals surface area (Å²) in [5, 5.41) is 12.7. The molecule has 0 heterocycles. The average Bonchev–Trinajstić information content (AvgIpc) is 2.25. The molecule has 0 radical (unpaired) electrons. The molecule has 0 aromatic heterocycles. The third kappa shape index (κ3) is 4.65. The van der Waals surface area contributed by atoms with Crippen molar-refractivity contribution in [3.8, 4) is 0 Å². The highest BCUT2D eigenvalue weighted by Gasteiger charge is 2.25. The lowest BCUT2D eigenvalue weighted by molar-refractivity contribution is 0.0432. The van der Waals surface area contributed by atoms with Crippen LogP contribution in [0.25, 0.3) is 0 Å². The number of aliphatic hydroxyl groups excluding tert-OH is 1. The van der Waals surface area contributed by atoms with Crippen LogP contribution in [-0.4, -0.2) is 22.8 Å². The number of nitrogens with one attached hydrogen (secondary N) is 1. The van der Waals surface area contributed by atoms with Crippen LogP contribution in [0.4, 0.5) is 9.18 Å². The van der Waals surface area contributed by atoms with Crippen LogP contribution in [0.5, 0.6) is 0 Å². The first-order valence-corrected chi connectivity index (χ1v) is 6.61. The first-order valence-electron chi connectivity index (χ1n) is 6.23. The Morgan fingerprint density at radius 3 is 2.55 bits per heavy atom. The zero-order valence-electron chi connectivity index (χ0n) is 11.9. The summed E-state index contributed by atoms with van der Waals surface area (Å²) in [6.45, 7) is 6.71. The maximum absolute atomic E-state index is 13.7. The normalized spacial score (nSPS) is 14.6. The van der Waals surface area contributed by atoms with Gasteiger partial charge in [-0.05, 0) is 39.8 Å². The van der Waals surface area contributed by atoms with Crippen molar-refractivity contribution >= 4 is 17.7 Å². The summed E-state index contributed by atoms with van der Waals surface area (Å²) in [4.78, 5) is 11.6. The Morgan fingerprint density at radius 2 is 2.05 bits per heavy atom. The molecular weight excluding hydrogens is 285 g/mol. The Bertz CT molecular complexity index is 468. The summed E-state index contributed by atoms with van der Waals surface area (Å²) in [6.07, 6.45) is -1.95. The first kappa shape index (κ1) is 16.7. The minimum absolute atomic E-state index is 0.0438. The van der Waals surface area contributed by atoms with E-state index in [2.05, 4.69) is 5.32 Å². The smallest absolute Gasteiger partial charge is 0.407 e. The van der Waals surface area contributed by atoms with E-state index in [1.807, 2.05) is 0 Å². The third-order valence-electron chi connectivity index (χ3n) is 2.51. The number of halogens is 2. The van der Waals surface area contributed by atoms with E-state index in [1.165, 1.54) is 25.1 Å². The second-order valence-corrected chi connectivity index (χ2v) is 5.92. The molecule has 6 heteroatoms. The largest absolute Gasteiger partial charge is 0.444 e. The molecule has 2 unspecified atom stereocenters. The molecule has 0 saturated carbocycles. The van der Waals surface area contributed by atoms with E-state index in [9.17, 15) is 14.3 Å². The van der Waals surface area contributed by atoms with E-state index in [-0.39, 0.29) is 10.6 Å². The number of hydrogen-bond donors (Lipinski definition) is 2. The van der Waals surface area contributed by atoms with Gasteiger partial charge in [-0.2, -0.15) is 0 Å². The van der Waals surface area contributed by atoms with Crippen molar-refractivity contribution in [3.05, 3.63) is 34.6 Å². The predicted octanol–water partition coefficient (Wildman–Crippen LogP) is 3.43. The lowest BCUT2D eigenvalue weighted by Gasteiger charge is -2.25. The lowest BCUT2D eigenvalue weighted by atomic mass is 10.0. The van der Waals surface area contributed by atoms with Gasteiger partial charge in [0, 0.05) is 10.6 Å². The van der Waals surface area contributed by atoms with Gasteiger partial charge in [0.15, 0.2) is 0 Å². The Balaban J connectivity index is 2.77. The molecule has 1 aromatic rings. The molecule has 0 saturated heterocycles. The van der Waals surface area contributed by atoms with Gasteiger partial charge in [0.05, 0.1) is 6.04 Å². The van der Waals surface area contributed by atoms with Gasteiger partial charge in [-0.3, -0.25) is 0 Å². The molecule has 4 nitrogen and oxygen atoms in total. The molecule has 0 aliphatic rings. The maximum atomic E-state index is 13.7. The van der Waals surface area contributed by atoms with Crippen LogP contribution < -0.4 is 5.32 Å². The molecule has 112 valence electrons. The van der Waals surface area contributed by atoms with Gasteiger partial charge in [-0.25, -0.2) is 9.18 Å². The Labute approximate surface area is 122 Å². The molecule has 0 spiro atoms. The number of benzene rings is 1. The second kappa shape index (κ2) is 6.41. The molecule has 0 fully saturated rings. The molecule has 2 atom stereocenters. The molecule has 2 N–H and O–H groups in total. The van der Waals surface area contributed by atoms with Crippen molar-refractivity contribution in [2.45, 2.75) is 45.4 Å². The predicted molar refractivity (Wildman–Crippen MR) is 75.2 cm³/mol. The van der Waals surface area contributed by atoms with Crippen LogP contribution in [0, 0.1) is 5.82 Å².